The van der Waals surface area contributed by atoms with Crippen LogP contribution < -0.4 is 11.1 Å². The molecular weight excluding hydrogens is 243 g/mol. The van der Waals surface area contributed by atoms with Gasteiger partial charge in [-0.25, -0.2) is 4.39 Å². The molecule has 1 amide bonds. The van der Waals surface area contributed by atoms with Gasteiger partial charge in [0.2, 0.25) is 0 Å². The van der Waals surface area contributed by atoms with Crippen molar-refractivity contribution in [3.05, 3.63) is 59.4 Å². The molecule has 0 bridgehead atoms. The average Bonchev–Trinajstić information content (AvgIpc) is 2.39. The highest BCUT2D eigenvalue weighted by atomic mass is 19.1. The SMILES string of the molecule is CCc1ccccc1NC(=O)c1ccc(F)cc1N. The first-order valence-electron chi connectivity index (χ1n) is 6.06. The van der Waals surface area contributed by atoms with Crippen molar-refractivity contribution in [2.24, 2.45) is 0 Å². The van der Waals surface area contributed by atoms with Crippen LogP contribution in [-0.2, 0) is 6.42 Å². The number of hydrogen-bond acceptors (Lipinski definition) is 2. The van der Waals surface area contributed by atoms with Gasteiger partial charge in [0, 0.05) is 11.4 Å². The molecule has 0 saturated carbocycles. The molecule has 3 nitrogen and oxygen atoms in total. The first-order valence-corrected chi connectivity index (χ1v) is 6.06. The summed E-state index contributed by atoms with van der Waals surface area (Å²) < 4.78 is 12.9. The number of anilines is 2. The number of carbonyl (C=O) groups excluding carboxylic acids is 1. The van der Waals surface area contributed by atoms with E-state index in [9.17, 15) is 9.18 Å². The van der Waals surface area contributed by atoms with Gasteiger partial charge in [-0.15, -0.1) is 0 Å². The van der Waals surface area contributed by atoms with E-state index in [1.165, 1.54) is 12.1 Å². The van der Waals surface area contributed by atoms with E-state index in [-0.39, 0.29) is 17.2 Å². The molecule has 19 heavy (non-hydrogen) atoms. The lowest BCUT2D eigenvalue weighted by atomic mass is 10.1. The molecule has 0 unspecified atom stereocenters. The Morgan fingerprint density at radius 1 is 1.26 bits per heavy atom. The van der Waals surface area contributed by atoms with Crippen LogP contribution in [0.2, 0.25) is 0 Å². The number of nitrogens with two attached hydrogens (primary N) is 1. The molecule has 2 rings (SSSR count). The Kier molecular flexibility index (Phi) is 3.80. The standard InChI is InChI=1S/C15H15FN2O/c1-2-10-5-3-4-6-14(10)18-15(19)12-8-7-11(16)9-13(12)17/h3-9H,2,17H2,1H3,(H,18,19). The van der Waals surface area contributed by atoms with E-state index < -0.39 is 5.82 Å². The Balaban J connectivity index is 2.26. The third kappa shape index (κ3) is 2.91. The Morgan fingerprint density at radius 3 is 2.68 bits per heavy atom. The maximum Gasteiger partial charge on any atom is 0.257 e. The number of rotatable bonds is 3. The van der Waals surface area contributed by atoms with Crippen LogP contribution in [0.25, 0.3) is 0 Å². The van der Waals surface area contributed by atoms with Crippen LogP contribution >= 0.6 is 0 Å². The molecule has 98 valence electrons. The fraction of sp³-hybridized carbons (Fsp3) is 0.133. The second-order valence-corrected chi connectivity index (χ2v) is 4.20. The lowest BCUT2D eigenvalue weighted by Crippen LogP contribution is -2.15. The van der Waals surface area contributed by atoms with E-state index in [0.29, 0.717) is 0 Å². The number of nitrogens with one attached hydrogen (secondary N) is 1. The lowest BCUT2D eigenvalue weighted by molar-refractivity contribution is 0.102. The Morgan fingerprint density at radius 2 is 2.00 bits per heavy atom. The number of aryl methyl sites for hydroxylation is 1. The van der Waals surface area contributed by atoms with Gasteiger partial charge in [-0.3, -0.25) is 4.79 Å². The molecule has 2 aromatic rings. The Hall–Kier alpha value is -2.36. The number of halogens is 1. The minimum absolute atomic E-state index is 0.131. The number of benzene rings is 2. The van der Waals surface area contributed by atoms with Gasteiger partial charge in [-0.1, -0.05) is 25.1 Å². The third-order valence-electron chi connectivity index (χ3n) is 2.90. The van der Waals surface area contributed by atoms with Crippen molar-refractivity contribution in [3.63, 3.8) is 0 Å². The highest BCUT2D eigenvalue weighted by Gasteiger charge is 2.11. The second-order valence-electron chi connectivity index (χ2n) is 4.20. The highest BCUT2D eigenvalue weighted by molar-refractivity contribution is 6.08. The minimum Gasteiger partial charge on any atom is -0.398 e. The van der Waals surface area contributed by atoms with Crippen LogP contribution in [-0.4, -0.2) is 5.91 Å². The summed E-state index contributed by atoms with van der Waals surface area (Å²) in [6.45, 7) is 2.01. The minimum atomic E-state index is -0.456. The predicted molar refractivity (Wildman–Crippen MR) is 74.6 cm³/mol. The van der Waals surface area contributed by atoms with Crippen LogP contribution in [0.3, 0.4) is 0 Å². The van der Waals surface area contributed by atoms with E-state index in [1.54, 1.807) is 0 Å². The molecule has 0 aromatic heterocycles. The van der Waals surface area contributed by atoms with Gasteiger partial charge < -0.3 is 11.1 Å². The van der Waals surface area contributed by atoms with Crippen LogP contribution in [0, 0.1) is 5.82 Å². The highest BCUT2D eigenvalue weighted by Crippen LogP contribution is 2.19. The number of carbonyl (C=O) groups is 1. The summed E-state index contributed by atoms with van der Waals surface area (Å²) >= 11 is 0. The Labute approximate surface area is 111 Å². The van der Waals surface area contributed by atoms with Crippen molar-refractivity contribution in [2.45, 2.75) is 13.3 Å². The molecule has 0 radical (unpaired) electrons. The summed E-state index contributed by atoms with van der Waals surface area (Å²) in [5.41, 5.74) is 7.83. The topological polar surface area (TPSA) is 55.1 Å². The number of amides is 1. The van der Waals surface area contributed by atoms with Gasteiger partial charge in [0.25, 0.3) is 5.91 Å². The summed E-state index contributed by atoms with van der Waals surface area (Å²) in [6.07, 6.45) is 0.815. The number of para-hydroxylation sites is 1. The van der Waals surface area contributed by atoms with Crippen LogP contribution in [0.5, 0.6) is 0 Å². The quantitative estimate of drug-likeness (QED) is 0.830. The van der Waals surface area contributed by atoms with Gasteiger partial charge in [0.15, 0.2) is 0 Å². The second kappa shape index (κ2) is 5.52. The van der Waals surface area contributed by atoms with Crippen molar-refractivity contribution in [1.82, 2.24) is 0 Å². The lowest BCUT2D eigenvalue weighted by Gasteiger charge is -2.10. The molecular formula is C15H15FN2O. The average molecular weight is 258 g/mol. The summed E-state index contributed by atoms with van der Waals surface area (Å²) in [5.74, 6) is -0.790. The van der Waals surface area contributed by atoms with Crippen molar-refractivity contribution >= 4 is 17.3 Å². The molecule has 0 fully saturated rings. The fourth-order valence-corrected chi connectivity index (χ4v) is 1.88. The van der Waals surface area contributed by atoms with Gasteiger partial charge >= 0.3 is 0 Å². The van der Waals surface area contributed by atoms with Crippen molar-refractivity contribution < 1.29 is 9.18 Å². The normalized spacial score (nSPS) is 10.2. The summed E-state index contributed by atoms with van der Waals surface area (Å²) in [5, 5.41) is 2.80. The summed E-state index contributed by atoms with van der Waals surface area (Å²) in [6, 6.07) is 11.3. The van der Waals surface area contributed by atoms with Crippen LogP contribution in [0.15, 0.2) is 42.5 Å². The Bertz CT molecular complexity index is 611. The summed E-state index contributed by atoms with van der Waals surface area (Å²) in [7, 11) is 0. The largest absolute Gasteiger partial charge is 0.398 e. The molecule has 0 aliphatic heterocycles. The zero-order valence-electron chi connectivity index (χ0n) is 10.6. The molecule has 0 heterocycles. The van der Waals surface area contributed by atoms with Gasteiger partial charge in [0.1, 0.15) is 5.82 Å². The van der Waals surface area contributed by atoms with Crippen LogP contribution in [0.1, 0.15) is 22.8 Å². The molecule has 0 aliphatic rings. The van der Waals surface area contributed by atoms with Gasteiger partial charge in [-0.05, 0) is 36.2 Å². The van der Waals surface area contributed by atoms with Gasteiger partial charge in [-0.2, -0.15) is 0 Å². The molecule has 0 spiro atoms. The number of hydrogen-bond donors (Lipinski definition) is 2. The molecule has 0 saturated heterocycles. The third-order valence-corrected chi connectivity index (χ3v) is 2.90. The van der Waals surface area contributed by atoms with E-state index in [0.717, 1.165) is 23.7 Å². The molecule has 4 heteroatoms. The van der Waals surface area contributed by atoms with Crippen molar-refractivity contribution in [3.8, 4) is 0 Å². The predicted octanol–water partition coefficient (Wildman–Crippen LogP) is 3.22. The molecule has 0 aliphatic carbocycles. The van der Waals surface area contributed by atoms with Gasteiger partial charge in [0.05, 0.1) is 5.56 Å². The fourth-order valence-electron chi connectivity index (χ4n) is 1.88. The zero-order valence-corrected chi connectivity index (χ0v) is 10.6. The van der Waals surface area contributed by atoms with E-state index in [4.69, 9.17) is 5.73 Å². The molecule has 0 atom stereocenters. The van der Waals surface area contributed by atoms with E-state index in [2.05, 4.69) is 5.32 Å². The zero-order chi connectivity index (χ0) is 13.8. The first kappa shape index (κ1) is 13.1. The monoisotopic (exact) mass is 258 g/mol. The molecule has 2 aromatic carbocycles. The molecule has 3 N–H and O–H groups in total. The first-order chi connectivity index (χ1) is 9.11. The summed E-state index contributed by atoms with van der Waals surface area (Å²) in [4.78, 5) is 12.1. The number of nitrogen functional groups attached to an aromatic ring is 1. The smallest absolute Gasteiger partial charge is 0.257 e. The van der Waals surface area contributed by atoms with Crippen molar-refractivity contribution in [2.75, 3.05) is 11.1 Å². The maximum atomic E-state index is 12.9. The maximum absolute atomic E-state index is 12.9. The van der Waals surface area contributed by atoms with E-state index in [1.807, 2.05) is 31.2 Å². The van der Waals surface area contributed by atoms with E-state index >= 15 is 0 Å². The van der Waals surface area contributed by atoms with Crippen molar-refractivity contribution in [1.29, 1.82) is 0 Å². The van der Waals surface area contributed by atoms with Crippen LogP contribution in [0.4, 0.5) is 15.8 Å².